The second-order valence-electron chi connectivity index (χ2n) is 7.87. The van der Waals surface area contributed by atoms with Crippen LogP contribution in [-0.2, 0) is 9.59 Å². The molecule has 0 saturated heterocycles. The number of nitrogens with one attached hydrogen (secondary N) is 3. The van der Waals surface area contributed by atoms with Crippen molar-refractivity contribution in [2.24, 2.45) is 0 Å². The van der Waals surface area contributed by atoms with E-state index < -0.39 is 17.7 Å². The third kappa shape index (κ3) is 5.59. The summed E-state index contributed by atoms with van der Waals surface area (Å²) < 4.78 is 1.23. The number of aryl methyl sites for hydroxylation is 2. The maximum Gasteiger partial charge on any atom is 0.328 e. The van der Waals surface area contributed by atoms with Gasteiger partial charge in [0.1, 0.15) is 5.69 Å². The molecule has 0 aliphatic carbocycles. The summed E-state index contributed by atoms with van der Waals surface area (Å²) in [6.45, 7) is 3.85. The van der Waals surface area contributed by atoms with Gasteiger partial charge in [-0.15, -0.1) is 0 Å². The van der Waals surface area contributed by atoms with Crippen LogP contribution in [0.15, 0.2) is 60.7 Å². The first-order valence-corrected chi connectivity index (χ1v) is 11.5. The van der Waals surface area contributed by atoms with Crippen molar-refractivity contribution in [2.45, 2.75) is 13.8 Å². The first-order chi connectivity index (χ1) is 16.6. The number of anilines is 2. The van der Waals surface area contributed by atoms with E-state index in [2.05, 4.69) is 16.1 Å². The van der Waals surface area contributed by atoms with Crippen LogP contribution in [0.25, 0.3) is 10.9 Å². The Morgan fingerprint density at radius 3 is 2.09 bits per heavy atom. The summed E-state index contributed by atoms with van der Waals surface area (Å²) in [5.41, 5.74) is 5.90. The lowest BCUT2D eigenvalue weighted by atomic mass is 10.1. The first-order valence-electron chi connectivity index (χ1n) is 10.4. The Kier molecular flexibility index (Phi) is 7.03. The molecule has 0 spiro atoms. The van der Waals surface area contributed by atoms with E-state index in [0.29, 0.717) is 37.3 Å². The molecule has 0 aliphatic rings. The molecule has 178 valence electrons. The molecule has 0 radical (unpaired) electrons. The molecule has 0 aliphatic heterocycles. The molecule has 0 atom stereocenters. The lowest BCUT2D eigenvalue weighted by Crippen LogP contribution is -2.36. The van der Waals surface area contributed by atoms with Crippen LogP contribution in [-0.4, -0.2) is 22.4 Å². The van der Waals surface area contributed by atoms with Crippen molar-refractivity contribution >= 4 is 74.8 Å². The number of carbonyl (C=O) groups excluding carboxylic acids is 3. The van der Waals surface area contributed by atoms with Crippen LogP contribution in [0.5, 0.6) is 0 Å². The molecule has 4 aromatic rings. The second kappa shape index (κ2) is 10.00. The molecular weight excluding hydrogens is 511 g/mol. The van der Waals surface area contributed by atoms with Crippen LogP contribution < -0.4 is 16.1 Å². The zero-order chi connectivity index (χ0) is 25.3. The zero-order valence-corrected chi connectivity index (χ0v) is 20.8. The maximum absolute atomic E-state index is 13.1. The highest BCUT2D eigenvalue weighted by Crippen LogP contribution is 2.26. The molecule has 35 heavy (non-hydrogen) atoms. The predicted molar refractivity (Wildman–Crippen MR) is 140 cm³/mol. The van der Waals surface area contributed by atoms with Crippen LogP contribution in [0.4, 0.5) is 11.4 Å². The molecule has 1 aromatic heterocycles. The van der Waals surface area contributed by atoms with Gasteiger partial charge in [-0.1, -0.05) is 40.9 Å². The first kappa shape index (κ1) is 24.6. The van der Waals surface area contributed by atoms with Crippen molar-refractivity contribution in [1.82, 2.24) is 4.68 Å². The summed E-state index contributed by atoms with van der Waals surface area (Å²) in [7, 11) is 0. The number of carbonyl (C=O) groups is 3. The monoisotopic (exact) mass is 528 g/mol. The van der Waals surface area contributed by atoms with Crippen LogP contribution in [0, 0.1) is 13.8 Å². The summed E-state index contributed by atoms with van der Waals surface area (Å²) in [5.74, 6) is -2.42. The Bertz CT molecular complexity index is 1480. The molecule has 0 unspecified atom stereocenters. The molecule has 0 fully saturated rings. The van der Waals surface area contributed by atoms with Gasteiger partial charge >= 0.3 is 11.8 Å². The number of amides is 3. The molecule has 3 amide bonds. The number of hydrogen-bond acceptors (Lipinski definition) is 3. The van der Waals surface area contributed by atoms with Gasteiger partial charge in [-0.2, -0.15) is 0 Å². The molecule has 10 heteroatoms. The Morgan fingerprint density at radius 2 is 1.40 bits per heavy atom. The summed E-state index contributed by atoms with van der Waals surface area (Å²) >= 11 is 18.2. The molecule has 3 aromatic carbocycles. The van der Waals surface area contributed by atoms with Gasteiger partial charge in [0.05, 0.1) is 5.52 Å². The molecular formula is C25H19Cl3N4O3. The van der Waals surface area contributed by atoms with Gasteiger partial charge in [0.15, 0.2) is 0 Å². The fraction of sp³-hybridized carbons (Fsp3) is 0.0800. The number of halogens is 3. The number of nitrogens with zero attached hydrogens (tertiary/aromatic N) is 1. The standard InChI is InChI=1S/C25H19Cl3N4O3/c1-13-3-5-19(7-14(13)2)29-24(34)25(35)31-32-21-6-4-16(26)8-15(21)9-22(32)23(33)30-20-11-17(27)10-18(28)12-20/h3-12H,1-2H3,(H,29,34)(H,30,33)(H,31,35). The van der Waals surface area contributed by atoms with Crippen LogP contribution in [0.1, 0.15) is 21.6 Å². The van der Waals surface area contributed by atoms with Crippen molar-refractivity contribution < 1.29 is 14.4 Å². The highest BCUT2D eigenvalue weighted by Gasteiger charge is 2.21. The lowest BCUT2D eigenvalue weighted by molar-refractivity contribution is -0.133. The van der Waals surface area contributed by atoms with Gasteiger partial charge in [0, 0.05) is 31.8 Å². The molecule has 4 rings (SSSR count). The van der Waals surface area contributed by atoms with Gasteiger partial charge in [0.2, 0.25) is 0 Å². The van der Waals surface area contributed by atoms with E-state index >= 15 is 0 Å². The van der Waals surface area contributed by atoms with E-state index in [0.717, 1.165) is 11.1 Å². The molecule has 1 heterocycles. The Balaban J connectivity index is 1.63. The number of rotatable bonds is 4. The summed E-state index contributed by atoms with van der Waals surface area (Å²) in [6, 6.07) is 16.3. The van der Waals surface area contributed by atoms with Crippen LogP contribution in [0.3, 0.4) is 0 Å². The minimum atomic E-state index is -0.962. The molecule has 3 N–H and O–H groups in total. The second-order valence-corrected chi connectivity index (χ2v) is 9.18. The highest BCUT2D eigenvalue weighted by molar-refractivity contribution is 6.42. The highest BCUT2D eigenvalue weighted by atomic mass is 35.5. The maximum atomic E-state index is 13.1. The van der Waals surface area contributed by atoms with E-state index in [-0.39, 0.29) is 5.69 Å². The van der Waals surface area contributed by atoms with Crippen LogP contribution in [0.2, 0.25) is 15.1 Å². The molecule has 7 nitrogen and oxygen atoms in total. The minimum Gasteiger partial charge on any atom is -0.321 e. The Hall–Kier alpha value is -3.52. The Labute approximate surface area is 215 Å². The lowest BCUT2D eigenvalue weighted by Gasteiger charge is -2.13. The van der Waals surface area contributed by atoms with E-state index in [1.165, 1.54) is 22.9 Å². The van der Waals surface area contributed by atoms with E-state index in [9.17, 15) is 14.4 Å². The number of fused-ring (bicyclic) bond motifs is 1. The zero-order valence-electron chi connectivity index (χ0n) is 18.6. The molecule has 0 bridgehead atoms. The normalized spacial score (nSPS) is 10.8. The number of hydrogen-bond donors (Lipinski definition) is 3. The van der Waals surface area contributed by atoms with Gasteiger partial charge in [0.25, 0.3) is 5.91 Å². The van der Waals surface area contributed by atoms with Crippen molar-refractivity contribution in [3.63, 3.8) is 0 Å². The van der Waals surface area contributed by atoms with Gasteiger partial charge < -0.3 is 10.6 Å². The third-order valence-corrected chi connectivity index (χ3v) is 5.97. The average Bonchev–Trinajstić information content (AvgIpc) is 3.13. The number of benzene rings is 3. The summed E-state index contributed by atoms with van der Waals surface area (Å²) in [6.07, 6.45) is 0. The largest absolute Gasteiger partial charge is 0.328 e. The fourth-order valence-electron chi connectivity index (χ4n) is 3.45. The Morgan fingerprint density at radius 1 is 0.686 bits per heavy atom. The smallest absolute Gasteiger partial charge is 0.321 e. The topological polar surface area (TPSA) is 92.2 Å². The minimum absolute atomic E-state index is 0.0608. The third-order valence-electron chi connectivity index (χ3n) is 5.30. The predicted octanol–water partition coefficient (Wildman–Crippen LogP) is 6.18. The quantitative estimate of drug-likeness (QED) is 0.276. The van der Waals surface area contributed by atoms with Crippen molar-refractivity contribution in [1.29, 1.82) is 0 Å². The van der Waals surface area contributed by atoms with Gasteiger partial charge in [-0.3, -0.25) is 19.8 Å². The average molecular weight is 530 g/mol. The van der Waals surface area contributed by atoms with Crippen molar-refractivity contribution in [2.75, 3.05) is 16.1 Å². The fourth-order valence-corrected chi connectivity index (χ4v) is 4.16. The van der Waals surface area contributed by atoms with E-state index in [1.807, 2.05) is 19.9 Å². The molecule has 0 saturated carbocycles. The van der Waals surface area contributed by atoms with Crippen LogP contribution >= 0.6 is 34.8 Å². The summed E-state index contributed by atoms with van der Waals surface area (Å²) in [5, 5.41) is 6.98. The van der Waals surface area contributed by atoms with Crippen molar-refractivity contribution in [3.05, 3.63) is 92.6 Å². The number of aromatic nitrogens is 1. The van der Waals surface area contributed by atoms with Crippen molar-refractivity contribution in [3.8, 4) is 0 Å². The van der Waals surface area contributed by atoms with E-state index in [4.69, 9.17) is 34.8 Å². The van der Waals surface area contributed by atoms with Gasteiger partial charge in [-0.05, 0) is 79.6 Å². The van der Waals surface area contributed by atoms with Gasteiger partial charge in [-0.25, -0.2) is 4.68 Å². The van der Waals surface area contributed by atoms with E-state index in [1.54, 1.807) is 36.4 Å². The SMILES string of the molecule is Cc1ccc(NC(=O)C(=O)Nn2c(C(=O)Nc3cc(Cl)cc(Cl)c3)cc3cc(Cl)ccc32)cc1C. The summed E-state index contributed by atoms with van der Waals surface area (Å²) in [4.78, 5) is 38.5.